The van der Waals surface area contributed by atoms with E-state index in [0.29, 0.717) is 16.9 Å². The van der Waals surface area contributed by atoms with E-state index in [-0.39, 0.29) is 17.5 Å². The Balaban J connectivity index is 1.75. The third-order valence-electron chi connectivity index (χ3n) is 3.24. The van der Waals surface area contributed by atoms with Crippen LogP contribution >= 0.6 is 0 Å². The minimum atomic E-state index is -0.431. The lowest BCUT2D eigenvalue weighted by atomic mass is 10.2. The molecule has 6 nitrogen and oxygen atoms in total. The first-order valence-electron chi connectivity index (χ1n) is 7.31. The fourth-order valence-electron chi connectivity index (χ4n) is 2.07. The van der Waals surface area contributed by atoms with Crippen LogP contribution in [-0.2, 0) is 0 Å². The lowest BCUT2D eigenvalue weighted by Crippen LogP contribution is -2.14. The second-order valence-corrected chi connectivity index (χ2v) is 5.04. The highest BCUT2D eigenvalue weighted by atomic mass is 19.1. The van der Waals surface area contributed by atoms with Gasteiger partial charge in [-0.3, -0.25) is 4.79 Å². The summed E-state index contributed by atoms with van der Waals surface area (Å²) in [6.07, 6.45) is 1.44. The zero-order valence-corrected chi connectivity index (χ0v) is 12.9. The van der Waals surface area contributed by atoms with Crippen molar-refractivity contribution in [1.82, 2.24) is 9.97 Å². The summed E-state index contributed by atoms with van der Waals surface area (Å²) in [5.41, 5.74) is 1.69. The Labute approximate surface area is 143 Å². The third kappa shape index (κ3) is 4.14. The number of carbonyl (C=O) groups excluding carboxylic acids is 1. The Kier molecular flexibility index (Phi) is 4.62. The van der Waals surface area contributed by atoms with Crippen LogP contribution in [0.1, 0.15) is 16.1 Å². The maximum Gasteiger partial charge on any atom is 0.274 e. The molecule has 0 bridgehead atoms. The molecule has 0 fully saturated rings. The molecule has 0 atom stereocenters. The second kappa shape index (κ2) is 7.19. The second-order valence-electron chi connectivity index (χ2n) is 5.04. The van der Waals surface area contributed by atoms with Crippen molar-refractivity contribution in [2.24, 2.45) is 0 Å². The van der Waals surface area contributed by atoms with Crippen molar-refractivity contribution in [3.8, 4) is 6.07 Å². The van der Waals surface area contributed by atoms with E-state index in [0.717, 1.165) is 0 Å². The Hall–Kier alpha value is -3.79. The van der Waals surface area contributed by atoms with Crippen molar-refractivity contribution in [1.29, 1.82) is 5.26 Å². The van der Waals surface area contributed by atoms with E-state index in [1.54, 1.807) is 36.4 Å². The highest BCUT2D eigenvalue weighted by molar-refractivity contribution is 6.03. The SMILES string of the molecule is N#Cc1cccc(NC(=O)c2ccnc(Nc3ccc(F)cc3)n2)c1. The molecule has 0 aliphatic heterocycles. The molecule has 25 heavy (non-hydrogen) atoms. The molecule has 3 rings (SSSR count). The number of nitrogens with one attached hydrogen (secondary N) is 2. The van der Waals surface area contributed by atoms with E-state index in [1.807, 2.05) is 6.07 Å². The Morgan fingerprint density at radius 1 is 1.08 bits per heavy atom. The molecule has 0 radical (unpaired) electrons. The first-order chi connectivity index (χ1) is 12.1. The lowest BCUT2D eigenvalue weighted by molar-refractivity contribution is 0.102. The molecule has 1 aromatic heterocycles. The van der Waals surface area contributed by atoms with Gasteiger partial charge in [-0.25, -0.2) is 14.4 Å². The molecule has 1 heterocycles. The summed E-state index contributed by atoms with van der Waals surface area (Å²) in [6.45, 7) is 0. The summed E-state index contributed by atoms with van der Waals surface area (Å²) >= 11 is 0. The van der Waals surface area contributed by atoms with Crippen LogP contribution in [0.3, 0.4) is 0 Å². The average molecular weight is 333 g/mol. The zero-order chi connectivity index (χ0) is 17.6. The monoisotopic (exact) mass is 333 g/mol. The Morgan fingerprint density at radius 2 is 1.88 bits per heavy atom. The van der Waals surface area contributed by atoms with E-state index in [1.165, 1.54) is 24.4 Å². The summed E-state index contributed by atoms with van der Waals surface area (Å²) < 4.78 is 12.9. The molecule has 2 N–H and O–H groups in total. The van der Waals surface area contributed by atoms with Crippen LogP contribution in [0.2, 0.25) is 0 Å². The fraction of sp³-hybridized carbons (Fsp3) is 0. The average Bonchev–Trinajstić information content (AvgIpc) is 2.64. The van der Waals surface area contributed by atoms with E-state index in [4.69, 9.17) is 5.26 Å². The molecule has 0 aliphatic rings. The van der Waals surface area contributed by atoms with Crippen LogP contribution in [0.4, 0.5) is 21.7 Å². The maximum absolute atomic E-state index is 12.9. The summed E-state index contributed by atoms with van der Waals surface area (Å²) in [4.78, 5) is 20.5. The lowest BCUT2D eigenvalue weighted by Gasteiger charge is -2.07. The predicted molar refractivity (Wildman–Crippen MR) is 90.8 cm³/mol. The molecule has 7 heteroatoms. The largest absolute Gasteiger partial charge is 0.324 e. The predicted octanol–water partition coefficient (Wildman–Crippen LogP) is 3.48. The van der Waals surface area contributed by atoms with E-state index in [2.05, 4.69) is 20.6 Å². The van der Waals surface area contributed by atoms with Crippen LogP contribution in [0, 0.1) is 17.1 Å². The van der Waals surface area contributed by atoms with Gasteiger partial charge in [-0.1, -0.05) is 6.07 Å². The molecule has 3 aromatic rings. The van der Waals surface area contributed by atoms with E-state index >= 15 is 0 Å². The third-order valence-corrected chi connectivity index (χ3v) is 3.24. The number of rotatable bonds is 4. The van der Waals surface area contributed by atoms with Gasteiger partial charge in [-0.2, -0.15) is 5.26 Å². The Bertz CT molecular complexity index is 950. The van der Waals surface area contributed by atoms with E-state index in [9.17, 15) is 9.18 Å². The summed E-state index contributed by atoms with van der Waals surface area (Å²) in [7, 11) is 0. The smallest absolute Gasteiger partial charge is 0.274 e. The normalized spacial score (nSPS) is 9.92. The van der Waals surface area contributed by atoms with Gasteiger partial charge in [-0.15, -0.1) is 0 Å². The fourth-order valence-corrected chi connectivity index (χ4v) is 2.07. The molecule has 0 saturated carbocycles. The summed E-state index contributed by atoms with van der Waals surface area (Å²) in [5, 5.41) is 14.5. The highest BCUT2D eigenvalue weighted by Gasteiger charge is 2.10. The van der Waals surface area contributed by atoms with Gasteiger partial charge >= 0.3 is 0 Å². The number of nitrogens with zero attached hydrogens (tertiary/aromatic N) is 3. The van der Waals surface area contributed by atoms with Gasteiger partial charge < -0.3 is 10.6 Å². The number of aromatic nitrogens is 2. The number of benzene rings is 2. The molecule has 0 aliphatic carbocycles. The molecular weight excluding hydrogens is 321 g/mol. The maximum atomic E-state index is 12.9. The molecule has 0 saturated heterocycles. The van der Waals surface area contributed by atoms with Gasteiger partial charge in [0.1, 0.15) is 11.5 Å². The molecule has 0 spiro atoms. The van der Waals surface area contributed by atoms with Gasteiger partial charge in [-0.05, 0) is 48.5 Å². The number of carbonyl (C=O) groups is 1. The number of halogens is 1. The van der Waals surface area contributed by atoms with Crippen LogP contribution in [0.15, 0.2) is 60.8 Å². The minimum absolute atomic E-state index is 0.155. The van der Waals surface area contributed by atoms with Gasteiger partial charge in [0.2, 0.25) is 5.95 Å². The number of hydrogen-bond acceptors (Lipinski definition) is 5. The van der Waals surface area contributed by atoms with Crippen LogP contribution in [0.25, 0.3) is 0 Å². The van der Waals surface area contributed by atoms with Gasteiger partial charge in [0.25, 0.3) is 5.91 Å². The number of amides is 1. The first kappa shape index (κ1) is 16.1. The molecule has 2 aromatic carbocycles. The summed E-state index contributed by atoms with van der Waals surface area (Å²) in [5.74, 6) is -0.566. The van der Waals surface area contributed by atoms with Crippen molar-refractivity contribution in [2.75, 3.05) is 10.6 Å². The van der Waals surface area contributed by atoms with Gasteiger partial charge in [0.05, 0.1) is 11.6 Å². The van der Waals surface area contributed by atoms with Crippen molar-refractivity contribution < 1.29 is 9.18 Å². The van der Waals surface area contributed by atoms with Crippen LogP contribution in [0.5, 0.6) is 0 Å². The van der Waals surface area contributed by atoms with Crippen molar-refractivity contribution >= 4 is 23.2 Å². The van der Waals surface area contributed by atoms with E-state index < -0.39 is 5.91 Å². The quantitative estimate of drug-likeness (QED) is 0.763. The molecular formula is C18H12FN5O. The van der Waals surface area contributed by atoms with Crippen molar-refractivity contribution in [3.63, 3.8) is 0 Å². The summed E-state index contributed by atoms with van der Waals surface area (Å²) in [6, 6.07) is 15.7. The number of hydrogen-bond donors (Lipinski definition) is 2. The molecule has 1 amide bonds. The zero-order valence-electron chi connectivity index (χ0n) is 12.9. The van der Waals surface area contributed by atoms with Crippen molar-refractivity contribution in [3.05, 3.63) is 77.9 Å². The topological polar surface area (TPSA) is 90.7 Å². The molecule has 0 unspecified atom stereocenters. The van der Waals surface area contributed by atoms with Crippen molar-refractivity contribution in [2.45, 2.75) is 0 Å². The number of anilines is 3. The number of nitriles is 1. The van der Waals surface area contributed by atoms with Gasteiger partial charge in [0, 0.05) is 17.6 Å². The molecule has 122 valence electrons. The van der Waals surface area contributed by atoms with Gasteiger partial charge in [0.15, 0.2) is 0 Å². The van der Waals surface area contributed by atoms with Crippen LogP contribution < -0.4 is 10.6 Å². The standard InChI is InChI=1S/C18H12FN5O/c19-13-4-6-14(7-5-13)23-18-21-9-8-16(24-18)17(25)22-15-3-1-2-12(10-15)11-20/h1-10H,(H,22,25)(H,21,23,24). The highest BCUT2D eigenvalue weighted by Crippen LogP contribution is 2.15. The minimum Gasteiger partial charge on any atom is -0.324 e. The Morgan fingerprint density at radius 3 is 2.64 bits per heavy atom. The first-order valence-corrected chi connectivity index (χ1v) is 7.31. The van der Waals surface area contributed by atoms with Crippen LogP contribution in [-0.4, -0.2) is 15.9 Å².